The third-order valence-electron chi connectivity index (χ3n) is 3.44. The Morgan fingerprint density at radius 2 is 2.26 bits per heavy atom. The Hall–Kier alpha value is -0.580. The van der Waals surface area contributed by atoms with Gasteiger partial charge in [-0.15, -0.1) is 0 Å². The number of nitrogens with zero attached hydrogens (tertiary/aromatic N) is 1. The summed E-state index contributed by atoms with van der Waals surface area (Å²) in [7, 11) is 4.18. The molecule has 3 nitrogen and oxygen atoms in total. The number of rotatable bonds is 6. The van der Waals surface area contributed by atoms with Gasteiger partial charge in [0.05, 0.1) is 6.61 Å². The van der Waals surface area contributed by atoms with E-state index in [9.17, 15) is 0 Å². The smallest absolute Gasteiger partial charge is 0.127 e. The molecule has 0 fully saturated rings. The lowest BCUT2D eigenvalue weighted by molar-refractivity contribution is 0.270. The summed E-state index contributed by atoms with van der Waals surface area (Å²) in [6.45, 7) is 6.17. The Kier molecular flexibility index (Phi) is 5.25. The van der Waals surface area contributed by atoms with Gasteiger partial charge in [-0.2, -0.15) is 0 Å². The molecule has 0 spiro atoms. The van der Waals surface area contributed by atoms with Crippen molar-refractivity contribution < 1.29 is 4.74 Å². The summed E-state index contributed by atoms with van der Waals surface area (Å²) in [6, 6.07) is 4.36. The molecule has 1 unspecified atom stereocenters. The molecule has 2 rings (SSSR count). The molecule has 1 atom stereocenters. The van der Waals surface area contributed by atoms with E-state index in [1.807, 2.05) is 7.05 Å². The Balaban J connectivity index is 2.03. The predicted octanol–water partition coefficient (Wildman–Crippen LogP) is 2.67. The fraction of sp³-hybridized carbons (Fsp3) is 0.600. The summed E-state index contributed by atoms with van der Waals surface area (Å²) in [5.41, 5.74) is 2.63. The van der Waals surface area contributed by atoms with E-state index >= 15 is 0 Å². The average molecular weight is 327 g/mol. The van der Waals surface area contributed by atoms with Crippen molar-refractivity contribution in [2.24, 2.45) is 5.92 Å². The van der Waals surface area contributed by atoms with Crippen LogP contribution in [0, 0.1) is 5.92 Å². The fourth-order valence-electron chi connectivity index (χ4n) is 2.76. The summed E-state index contributed by atoms with van der Waals surface area (Å²) < 4.78 is 6.93. The standard InChI is InChI=1S/C15H23BrN2O/c1-11(8-17-2)9-18(3)10-13-7-14(16)6-12-4-5-19-15(12)13/h6-7,11,17H,4-5,8-10H2,1-3H3. The zero-order valence-corrected chi connectivity index (χ0v) is 13.6. The molecule has 0 saturated heterocycles. The molecule has 1 heterocycles. The first-order valence-corrected chi connectivity index (χ1v) is 7.66. The van der Waals surface area contributed by atoms with Crippen LogP contribution in [-0.2, 0) is 13.0 Å². The predicted molar refractivity (Wildman–Crippen MR) is 82.8 cm³/mol. The minimum atomic E-state index is 0.649. The van der Waals surface area contributed by atoms with Crippen LogP contribution in [0.25, 0.3) is 0 Å². The molecule has 0 amide bonds. The van der Waals surface area contributed by atoms with E-state index < -0.39 is 0 Å². The summed E-state index contributed by atoms with van der Waals surface area (Å²) >= 11 is 3.60. The topological polar surface area (TPSA) is 24.5 Å². The molecule has 0 aromatic heterocycles. The van der Waals surface area contributed by atoms with Crippen LogP contribution < -0.4 is 10.1 Å². The zero-order chi connectivity index (χ0) is 13.8. The van der Waals surface area contributed by atoms with Crippen LogP contribution in [-0.4, -0.2) is 38.7 Å². The van der Waals surface area contributed by atoms with Gasteiger partial charge in [-0.05, 0) is 44.3 Å². The van der Waals surface area contributed by atoms with Gasteiger partial charge >= 0.3 is 0 Å². The molecule has 0 aliphatic carbocycles. The summed E-state index contributed by atoms with van der Waals surface area (Å²) in [4.78, 5) is 2.37. The molecule has 1 N–H and O–H groups in total. The van der Waals surface area contributed by atoms with Crippen molar-refractivity contribution in [3.63, 3.8) is 0 Å². The first-order valence-electron chi connectivity index (χ1n) is 6.87. The molecule has 1 aromatic rings. The first kappa shape index (κ1) is 14.8. The second-order valence-corrected chi connectivity index (χ2v) is 6.43. The minimum absolute atomic E-state index is 0.649. The molecule has 4 heteroatoms. The summed E-state index contributed by atoms with van der Waals surface area (Å²) in [5, 5.41) is 3.23. The van der Waals surface area contributed by atoms with Gasteiger partial charge in [0.25, 0.3) is 0 Å². The molecular formula is C15H23BrN2O. The molecule has 1 aliphatic heterocycles. The van der Waals surface area contributed by atoms with Gasteiger partial charge in [-0.3, -0.25) is 0 Å². The van der Waals surface area contributed by atoms with Gasteiger partial charge in [-0.25, -0.2) is 0 Å². The number of nitrogens with one attached hydrogen (secondary N) is 1. The maximum atomic E-state index is 5.78. The Bertz CT molecular complexity index is 436. The lowest BCUT2D eigenvalue weighted by atomic mass is 10.1. The maximum Gasteiger partial charge on any atom is 0.127 e. The molecule has 1 aromatic carbocycles. The molecular weight excluding hydrogens is 304 g/mol. The van der Waals surface area contributed by atoms with Gasteiger partial charge in [-0.1, -0.05) is 22.9 Å². The van der Waals surface area contributed by atoms with E-state index in [-0.39, 0.29) is 0 Å². The monoisotopic (exact) mass is 326 g/mol. The normalized spacial score (nSPS) is 15.4. The van der Waals surface area contributed by atoms with Gasteiger partial charge < -0.3 is 15.0 Å². The van der Waals surface area contributed by atoms with Crippen molar-refractivity contribution >= 4 is 15.9 Å². The van der Waals surface area contributed by atoms with Crippen molar-refractivity contribution in [3.8, 4) is 5.75 Å². The van der Waals surface area contributed by atoms with Crippen LogP contribution in [0.3, 0.4) is 0 Å². The summed E-state index contributed by atoms with van der Waals surface area (Å²) in [5.74, 6) is 1.76. The van der Waals surface area contributed by atoms with E-state index in [0.717, 1.165) is 42.9 Å². The highest BCUT2D eigenvalue weighted by Crippen LogP contribution is 2.33. The van der Waals surface area contributed by atoms with E-state index in [1.54, 1.807) is 0 Å². The Morgan fingerprint density at radius 3 is 3.00 bits per heavy atom. The second-order valence-electron chi connectivity index (χ2n) is 5.51. The largest absolute Gasteiger partial charge is 0.493 e. The van der Waals surface area contributed by atoms with E-state index in [0.29, 0.717) is 5.92 Å². The SMILES string of the molecule is CNCC(C)CN(C)Cc1cc(Br)cc2c1OCC2. The second kappa shape index (κ2) is 6.73. The van der Waals surface area contributed by atoms with Crippen LogP contribution in [0.2, 0.25) is 0 Å². The number of fused-ring (bicyclic) bond motifs is 1. The molecule has 19 heavy (non-hydrogen) atoms. The van der Waals surface area contributed by atoms with Crippen molar-refractivity contribution in [3.05, 3.63) is 27.7 Å². The van der Waals surface area contributed by atoms with Crippen LogP contribution in [0.4, 0.5) is 0 Å². The maximum absolute atomic E-state index is 5.78. The molecule has 1 aliphatic rings. The van der Waals surface area contributed by atoms with Crippen LogP contribution in [0.15, 0.2) is 16.6 Å². The molecule has 0 saturated carbocycles. The van der Waals surface area contributed by atoms with E-state index in [1.165, 1.54) is 11.1 Å². The molecule has 0 bridgehead atoms. The van der Waals surface area contributed by atoms with Gasteiger partial charge in [0, 0.05) is 29.5 Å². The zero-order valence-electron chi connectivity index (χ0n) is 12.0. The van der Waals surface area contributed by atoms with Crippen molar-refractivity contribution in [2.75, 3.05) is 33.8 Å². The van der Waals surface area contributed by atoms with Gasteiger partial charge in [0.1, 0.15) is 5.75 Å². The lowest BCUT2D eigenvalue weighted by Gasteiger charge is -2.22. The number of benzene rings is 1. The fourth-order valence-corrected chi connectivity index (χ4v) is 3.32. The minimum Gasteiger partial charge on any atom is -0.493 e. The van der Waals surface area contributed by atoms with Gasteiger partial charge in [0.2, 0.25) is 0 Å². The highest BCUT2D eigenvalue weighted by atomic mass is 79.9. The van der Waals surface area contributed by atoms with Gasteiger partial charge in [0.15, 0.2) is 0 Å². The summed E-state index contributed by atoms with van der Waals surface area (Å²) in [6.07, 6.45) is 1.03. The highest BCUT2D eigenvalue weighted by Gasteiger charge is 2.18. The van der Waals surface area contributed by atoms with E-state index in [2.05, 4.69) is 52.3 Å². The molecule has 106 valence electrons. The number of hydrogen-bond donors (Lipinski definition) is 1. The third-order valence-corrected chi connectivity index (χ3v) is 3.90. The van der Waals surface area contributed by atoms with Crippen molar-refractivity contribution in [1.29, 1.82) is 0 Å². The van der Waals surface area contributed by atoms with Crippen molar-refractivity contribution in [2.45, 2.75) is 19.9 Å². The number of hydrogen-bond acceptors (Lipinski definition) is 3. The first-order chi connectivity index (χ1) is 9.10. The van der Waals surface area contributed by atoms with Crippen molar-refractivity contribution in [1.82, 2.24) is 10.2 Å². The number of halogens is 1. The highest BCUT2D eigenvalue weighted by molar-refractivity contribution is 9.10. The Morgan fingerprint density at radius 1 is 1.47 bits per heavy atom. The average Bonchev–Trinajstić information content (AvgIpc) is 2.76. The molecule has 0 radical (unpaired) electrons. The quantitative estimate of drug-likeness (QED) is 0.869. The number of ether oxygens (including phenoxy) is 1. The third kappa shape index (κ3) is 3.94. The van der Waals surface area contributed by atoms with Crippen LogP contribution in [0.5, 0.6) is 5.75 Å². The van der Waals surface area contributed by atoms with E-state index in [4.69, 9.17) is 4.74 Å². The van der Waals surface area contributed by atoms with Crippen LogP contribution >= 0.6 is 15.9 Å². The lowest BCUT2D eigenvalue weighted by Crippen LogP contribution is -2.29. The van der Waals surface area contributed by atoms with Crippen LogP contribution in [0.1, 0.15) is 18.1 Å². The Labute approximate surface area is 124 Å².